The quantitative estimate of drug-likeness (QED) is 0.487. The zero-order chi connectivity index (χ0) is 22.1. The molecule has 0 radical (unpaired) electrons. The molecule has 0 aliphatic heterocycles. The van der Waals surface area contributed by atoms with Crippen molar-refractivity contribution in [3.63, 3.8) is 0 Å². The van der Waals surface area contributed by atoms with Gasteiger partial charge >= 0.3 is 0 Å². The highest BCUT2D eigenvalue weighted by Crippen LogP contribution is 2.41. The number of furan rings is 1. The Morgan fingerprint density at radius 1 is 0.967 bits per heavy atom. The largest absolute Gasteiger partial charge is 0.463 e. The minimum absolute atomic E-state index is 0.100. The smallest absolute Gasteiger partial charge is 0.186 e. The topological polar surface area (TPSA) is 54.9 Å². The fraction of sp³-hybridized carbons (Fsp3) is 0.423. The molecule has 2 aliphatic rings. The molecule has 4 nitrogen and oxygen atoms in total. The Labute approximate surface area is 179 Å². The highest BCUT2D eigenvalue weighted by molar-refractivity contribution is 6.12. The lowest BCUT2D eigenvalue weighted by Gasteiger charge is -2.31. The second-order valence-electron chi connectivity index (χ2n) is 9.98. The van der Waals surface area contributed by atoms with E-state index in [0.717, 1.165) is 40.8 Å². The van der Waals surface area contributed by atoms with Crippen molar-refractivity contribution in [2.45, 2.75) is 61.3 Å². The Hall–Kier alpha value is -2.75. The maximum Gasteiger partial charge on any atom is 0.186 e. The summed E-state index contributed by atoms with van der Waals surface area (Å²) >= 11 is 0. The number of allylic oxidation sites excluding steroid dienone is 8. The van der Waals surface area contributed by atoms with E-state index in [4.69, 9.17) is 4.42 Å². The van der Waals surface area contributed by atoms with Crippen LogP contribution < -0.4 is 0 Å². The van der Waals surface area contributed by atoms with Crippen LogP contribution in [0.4, 0.5) is 0 Å². The molecule has 3 rings (SSSR count). The third-order valence-corrected chi connectivity index (χ3v) is 5.35. The van der Waals surface area contributed by atoms with Gasteiger partial charge in [-0.3, -0.25) is 4.79 Å². The highest BCUT2D eigenvalue weighted by atomic mass is 16.3. The van der Waals surface area contributed by atoms with E-state index in [9.17, 15) is 4.79 Å². The van der Waals surface area contributed by atoms with E-state index >= 15 is 0 Å². The second-order valence-corrected chi connectivity index (χ2v) is 9.98. The van der Waals surface area contributed by atoms with E-state index in [-0.39, 0.29) is 16.6 Å². The number of carbonyl (C=O) groups excluding carboxylic acids is 1. The molecule has 0 atom stereocenters. The van der Waals surface area contributed by atoms with Crippen LogP contribution in [-0.2, 0) is 4.79 Å². The van der Waals surface area contributed by atoms with Gasteiger partial charge in [0.1, 0.15) is 5.70 Å². The predicted molar refractivity (Wildman–Crippen MR) is 122 cm³/mol. The van der Waals surface area contributed by atoms with E-state index in [0.29, 0.717) is 11.5 Å². The second kappa shape index (κ2) is 8.17. The van der Waals surface area contributed by atoms with Gasteiger partial charge in [-0.1, -0.05) is 53.7 Å². The first-order valence-electron chi connectivity index (χ1n) is 10.5. The molecule has 1 heterocycles. The van der Waals surface area contributed by atoms with Gasteiger partial charge in [-0.2, -0.15) is 5.11 Å². The van der Waals surface area contributed by atoms with Crippen molar-refractivity contribution in [1.29, 1.82) is 0 Å². The van der Waals surface area contributed by atoms with E-state index in [2.05, 4.69) is 70.8 Å². The van der Waals surface area contributed by atoms with Crippen LogP contribution in [0.3, 0.4) is 0 Å². The van der Waals surface area contributed by atoms with Crippen LogP contribution in [0.15, 0.2) is 85.3 Å². The third kappa shape index (κ3) is 4.69. The van der Waals surface area contributed by atoms with Crippen LogP contribution in [0.5, 0.6) is 0 Å². The van der Waals surface area contributed by atoms with Crippen LogP contribution in [-0.4, -0.2) is 5.78 Å². The summed E-state index contributed by atoms with van der Waals surface area (Å²) in [6.07, 6.45) is 11.8. The average molecular weight is 405 g/mol. The van der Waals surface area contributed by atoms with Crippen LogP contribution in [0.25, 0.3) is 5.70 Å². The number of azo groups is 1. The van der Waals surface area contributed by atoms with Crippen LogP contribution in [0.1, 0.15) is 67.1 Å². The zero-order valence-corrected chi connectivity index (χ0v) is 19.2. The molecular weight excluding hydrogens is 372 g/mol. The molecule has 0 saturated carbocycles. The van der Waals surface area contributed by atoms with Crippen molar-refractivity contribution in [1.82, 2.24) is 0 Å². The fourth-order valence-electron chi connectivity index (χ4n) is 3.55. The third-order valence-electron chi connectivity index (χ3n) is 5.35. The van der Waals surface area contributed by atoms with Gasteiger partial charge in [0.15, 0.2) is 11.5 Å². The number of hydrogen-bond acceptors (Lipinski definition) is 4. The van der Waals surface area contributed by atoms with E-state index in [1.165, 1.54) is 0 Å². The summed E-state index contributed by atoms with van der Waals surface area (Å²) in [4.78, 5) is 13.3. The van der Waals surface area contributed by atoms with Crippen molar-refractivity contribution in [3.8, 4) is 0 Å². The standard InChI is InChI=1S/C26H32N2O2/c1-17-11-8-9-12-21(17)27-28-23(22-13-10-14-30-22)18-15-19(25(2,3)4)24(29)20(16-18)26(5,6)7/h10-16H,8-9H2,1-7H3. The summed E-state index contributed by atoms with van der Waals surface area (Å²) in [5.74, 6) is 0.735. The normalized spacial score (nSPS) is 18.2. The lowest BCUT2D eigenvalue weighted by molar-refractivity contribution is -0.114. The molecule has 0 saturated heterocycles. The molecule has 0 N–H and O–H groups in total. The van der Waals surface area contributed by atoms with E-state index in [1.807, 2.05) is 24.3 Å². The summed E-state index contributed by atoms with van der Waals surface area (Å²) in [7, 11) is 0. The lowest BCUT2D eigenvalue weighted by Crippen LogP contribution is -2.28. The monoisotopic (exact) mass is 404 g/mol. The zero-order valence-electron chi connectivity index (χ0n) is 19.2. The summed E-state index contributed by atoms with van der Waals surface area (Å²) in [5, 5.41) is 9.17. The number of carbonyl (C=O) groups is 1. The maximum atomic E-state index is 13.3. The Balaban J connectivity index is 2.22. The summed E-state index contributed by atoms with van der Waals surface area (Å²) < 4.78 is 5.70. The molecule has 2 aliphatic carbocycles. The Bertz CT molecular complexity index is 976. The predicted octanol–water partition coefficient (Wildman–Crippen LogP) is 7.59. The van der Waals surface area contributed by atoms with Gasteiger partial charge < -0.3 is 4.42 Å². The van der Waals surface area contributed by atoms with Gasteiger partial charge in [-0.05, 0) is 60.5 Å². The first-order valence-corrected chi connectivity index (χ1v) is 10.5. The van der Waals surface area contributed by atoms with Crippen LogP contribution >= 0.6 is 0 Å². The first kappa shape index (κ1) is 21.9. The molecule has 0 amide bonds. The molecule has 0 aromatic carbocycles. The molecular formula is C26H32N2O2. The van der Waals surface area contributed by atoms with Crippen LogP contribution in [0.2, 0.25) is 0 Å². The van der Waals surface area contributed by atoms with Gasteiger partial charge in [0.05, 0.1) is 12.0 Å². The van der Waals surface area contributed by atoms with Gasteiger partial charge in [0.25, 0.3) is 0 Å². The van der Waals surface area contributed by atoms with Crippen molar-refractivity contribution < 1.29 is 9.21 Å². The molecule has 30 heavy (non-hydrogen) atoms. The van der Waals surface area contributed by atoms with Gasteiger partial charge in [-0.15, -0.1) is 5.11 Å². The number of rotatable bonds is 3. The Kier molecular flexibility index (Phi) is 5.98. The molecule has 4 heteroatoms. The number of hydrogen-bond donors (Lipinski definition) is 0. The van der Waals surface area contributed by atoms with Gasteiger partial charge in [0, 0.05) is 16.7 Å². The molecule has 0 unspecified atom stereocenters. The van der Waals surface area contributed by atoms with Gasteiger partial charge in [-0.25, -0.2) is 0 Å². The van der Waals surface area contributed by atoms with Gasteiger partial charge in [0.2, 0.25) is 0 Å². The lowest BCUT2D eigenvalue weighted by atomic mass is 9.71. The van der Waals surface area contributed by atoms with Crippen molar-refractivity contribution in [2.24, 2.45) is 21.1 Å². The average Bonchev–Trinajstić information content (AvgIpc) is 3.16. The summed E-state index contributed by atoms with van der Waals surface area (Å²) in [5.41, 5.74) is 4.47. The molecule has 0 bridgehead atoms. The fourth-order valence-corrected chi connectivity index (χ4v) is 3.55. The molecule has 158 valence electrons. The Morgan fingerprint density at radius 3 is 2.07 bits per heavy atom. The van der Waals surface area contributed by atoms with E-state index in [1.54, 1.807) is 6.26 Å². The first-order chi connectivity index (χ1) is 14.0. The van der Waals surface area contributed by atoms with E-state index < -0.39 is 0 Å². The van der Waals surface area contributed by atoms with Crippen molar-refractivity contribution in [3.05, 3.63) is 76.4 Å². The molecule has 0 spiro atoms. The van der Waals surface area contributed by atoms with Crippen molar-refractivity contribution in [2.75, 3.05) is 0 Å². The van der Waals surface area contributed by atoms with Crippen LogP contribution in [0, 0.1) is 10.8 Å². The Morgan fingerprint density at radius 2 is 1.57 bits per heavy atom. The number of ketones is 1. The maximum absolute atomic E-state index is 13.3. The summed E-state index contributed by atoms with van der Waals surface area (Å²) in [6, 6.07) is 3.72. The SMILES string of the molecule is CC1=CCCC=C1N=NC(=C1C=C(C(C)(C)C)C(=O)C(C(C)(C)C)=C1)c1ccco1. The molecule has 1 aromatic rings. The molecule has 0 fully saturated rings. The summed E-state index contributed by atoms with van der Waals surface area (Å²) in [6.45, 7) is 14.4. The van der Waals surface area contributed by atoms with Crippen molar-refractivity contribution >= 4 is 11.5 Å². The minimum atomic E-state index is -0.288. The number of Topliss-reactive ketones (excluding diaryl/α,β-unsaturated/α-hetero) is 1. The highest BCUT2D eigenvalue weighted by Gasteiger charge is 2.35. The number of nitrogens with zero attached hydrogens (tertiary/aromatic N) is 2. The minimum Gasteiger partial charge on any atom is -0.463 e. The molecule has 1 aromatic heterocycles.